The fourth-order valence-electron chi connectivity index (χ4n) is 4.10. The summed E-state index contributed by atoms with van der Waals surface area (Å²) in [6.45, 7) is 0.989. The zero-order chi connectivity index (χ0) is 17.4. The van der Waals surface area contributed by atoms with Crippen LogP contribution in [0, 0.1) is 0 Å². The standard InChI is InChI=1S/C21H23NO2S/c1-25(23,24)21-9-5-8-17(14-21)18-12-19-10-11-20(13-18)22(19)15-16-6-3-2-4-7-16/h2-9,12,14,19-20H,10-11,13,15H2,1H3. The molecule has 130 valence electrons. The summed E-state index contributed by atoms with van der Waals surface area (Å²) in [5, 5.41) is 0. The van der Waals surface area contributed by atoms with Crippen LogP contribution in [0.2, 0.25) is 0 Å². The fourth-order valence-corrected chi connectivity index (χ4v) is 4.77. The van der Waals surface area contributed by atoms with E-state index >= 15 is 0 Å². The first-order valence-corrected chi connectivity index (χ1v) is 10.7. The summed E-state index contributed by atoms with van der Waals surface area (Å²) in [6, 6.07) is 19.0. The molecule has 0 saturated carbocycles. The third-order valence-electron chi connectivity index (χ3n) is 5.38. The number of sulfone groups is 1. The Morgan fingerprint density at radius 3 is 2.56 bits per heavy atom. The van der Waals surface area contributed by atoms with Crippen molar-refractivity contribution in [2.45, 2.75) is 42.8 Å². The van der Waals surface area contributed by atoms with Crippen molar-refractivity contribution in [3.63, 3.8) is 0 Å². The number of fused-ring (bicyclic) bond motifs is 2. The molecule has 2 aliphatic rings. The van der Waals surface area contributed by atoms with E-state index in [9.17, 15) is 8.42 Å². The highest BCUT2D eigenvalue weighted by Crippen LogP contribution is 2.39. The van der Waals surface area contributed by atoms with Crippen LogP contribution in [0.15, 0.2) is 65.6 Å². The average molecular weight is 353 g/mol. The van der Waals surface area contributed by atoms with Gasteiger partial charge in [0.1, 0.15) is 0 Å². The summed E-state index contributed by atoms with van der Waals surface area (Å²) in [4.78, 5) is 3.00. The van der Waals surface area contributed by atoms with Crippen LogP contribution in [0.25, 0.3) is 5.57 Å². The molecule has 1 saturated heterocycles. The van der Waals surface area contributed by atoms with Gasteiger partial charge in [-0.25, -0.2) is 8.42 Å². The van der Waals surface area contributed by atoms with Crippen molar-refractivity contribution >= 4 is 15.4 Å². The van der Waals surface area contributed by atoms with Crippen molar-refractivity contribution < 1.29 is 8.42 Å². The lowest BCUT2D eigenvalue weighted by Crippen LogP contribution is -2.37. The predicted molar refractivity (Wildman–Crippen MR) is 101 cm³/mol. The summed E-state index contributed by atoms with van der Waals surface area (Å²) in [6.07, 6.45) is 7.02. The second-order valence-corrected chi connectivity index (χ2v) is 9.17. The van der Waals surface area contributed by atoms with Gasteiger partial charge in [-0.05, 0) is 48.1 Å². The van der Waals surface area contributed by atoms with Crippen LogP contribution in [0.1, 0.15) is 30.4 Å². The van der Waals surface area contributed by atoms with Crippen molar-refractivity contribution in [2.24, 2.45) is 0 Å². The summed E-state index contributed by atoms with van der Waals surface area (Å²) >= 11 is 0. The van der Waals surface area contributed by atoms with Crippen LogP contribution < -0.4 is 0 Å². The molecule has 3 nitrogen and oxygen atoms in total. The molecule has 0 spiro atoms. The molecule has 2 aromatic rings. The van der Waals surface area contributed by atoms with Crippen molar-refractivity contribution in [1.82, 2.24) is 4.90 Å². The van der Waals surface area contributed by atoms with E-state index in [4.69, 9.17) is 0 Å². The molecule has 1 fully saturated rings. The van der Waals surface area contributed by atoms with Gasteiger partial charge in [0.15, 0.2) is 9.84 Å². The van der Waals surface area contributed by atoms with E-state index in [0.29, 0.717) is 17.0 Å². The predicted octanol–water partition coefficient (Wildman–Crippen LogP) is 3.91. The van der Waals surface area contributed by atoms with Gasteiger partial charge in [-0.2, -0.15) is 0 Å². The van der Waals surface area contributed by atoms with Crippen molar-refractivity contribution in [3.05, 3.63) is 71.8 Å². The topological polar surface area (TPSA) is 37.4 Å². The van der Waals surface area contributed by atoms with Gasteiger partial charge >= 0.3 is 0 Å². The van der Waals surface area contributed by atoms with E-state index in [-0.39, 0.29) is 0 Å². The van der Waals surface area contributed by atoms with E-state index in [0.717, 1.165) is 18.5 Å². The molecule has 2 heterocycles. The molecule has 0 N–H and O–H groups in total. The molecule has 0 aliphatic carbocycles. The fraction of sp³-hybridized carbons (Fsp3) is 0.333. The van der Waals surface area contributed by atoms with Crippen LogP contribution in [0.3, 0.4) is 0 Å². The van der Waals surface area contributed by atoms with E-state index in [2.05, 4.69) is 41.3 Å². The van der Waals surface area contributed by atoms with Gasteiger partial charge in [-0.3, -0.25) is 4.90 Å². The summed E-state index contributed by atoms with van der Waals surface area (Å²) in [7, 11) is -3.16. The monoisotopic (exact) mass is 353 g/mol. The zero-order valence-corrected chi connectivity index (χ0v) is 15.2. The van der Waals surface area contributed by atoms with Gasteiger partial charge in [-0.1, -0.05) is 48.5 Å². The Labute approximate surface area is 149 Å². The Morgan fingerprint density at radius 1 is 1.04 bits per heavy atom. The maximum absolute atomic E-state index is 11.8. The maximum Gasteiger partial charge on any atom is 0.175 e. The SMILES string of the molecule is CS(=O)(=O)c1cccc(C2=CC3CCC(C2)N3Cc2ccccc2)c1. The molecule has 2 unspecified atom stereocenters. The third kappa shape index (κ3) is 3.42. The molecule has 0 amide bonds. The van der Waals surface area contributed by atoms with Crippen molar-refractivity contribution in [2.75, 3.05) is 6.26 Å². The Kier molecular flexibility index (Phi) is 4.26. The lowest BCUT2D eigenvalue weighted by molar-refractivity contribution is 0.203. The minimum atomic E-state index is -3.16. The summed E-state index contributed by atoms with van der Waals surface area (Å²) in [5.41, 5.74) is 3.71. The minimum absolute atomic E-state index is 0.407. The van der Waals surface area contributed by atoms with Crippen molar-refractivity contribution in [3.8, 4) is 0 Å². The largest absolute Gasteiger partial charge is 0.289 e. The Morgan fingerprint density at radius 2 is 1.84 bits per heavy atom. The molecular weight excluding hydrogens is 330 g/mol. The van der Waals surface area contributed by atoms with Gasteiger partial charge < -0.3 is 0 Å². The van der Waals surface area contributed by atoms with Crippen LogP contribution in [-0.2, 0) is 16.4 Å². The molecule has 2 aromatic carbocycles. The molecule has 2 aliphatic heterocycles. The van der Waals surface area contributed by atoms with E-state index < -0.39 is 9.84 Å². The molecule has 0 radical (unpaired) electrons. The molecule has 0 aromatic heterocycles. The highest BCUT2D eigenvalue weighted by Gasteiger charge is 2.36. The average Bonchev–Trinajstić information content (AvgIpc) is 2.83. The first-order valence-electron chi connectivity index (χ1n) is 8.81. The highest BCUT2D eigenvalue weighted by molar-refractivity contribution is 7.90. The lowest BCUT2D eigenvalue weighted by atomic mass is 9.94. The Hall–Kier alpha value is -1.91. The lowest BCUT2D eigenvalue weighted by Gasteiger charge is -2.34. The second-order valence-electron chi connectivity index (χ2n) is 7.15. The number of hydrogen-bond acceptors (Lipinski definition) is 3. The molecule has 4 heteroatoms. The van der Waals surface area contributed by atoms with E-state index in [1.165, 1.54) is 30.2 Å². The normalized spacial score (nSPS) is 23.5. The van der Waals surface area contributed by atoms with Gasteiger partial charge in [0, 0.05) is 24.9 Å². The smallest absolute Gasteiger partial charge is 0.175 e. The maximum atomic E-state index is 11.8. The number of hydrogen-bond donors (Lipinski definition) is 0. The number of benzene rings is 2. The Bertz CT molecular complexity index is 903. The first-order chi connectivity index (χ1) is 12.0. The van der Waals surface area contributed by atoms with Crippen LogP contribution in [0.5, 0.6) is 0 Å². The third-order valence-corrected chi connectivity index (χ3v) is 6.49. The quantitative estimate of drug-likeness (QED) is 0.836. The molecule has 4 rings (SSSR count). The Balaban J connectivity index is 1.60. The number of nitrogens with zero attached hydrogens (tertiary/aromatic N) is 1. The van der Waals surface area contributed by atoms with E-state index in [1.807, 2.05) is 18.2 Å². The molecular formula is C21H23NO2S. The summed E-state index contributed by atoms with van der Waals surface area (Å²) in [5.74, 6) is 0. The van der Waals surface area contributed by atoms with Gasteiger partial charge in [0.25, 0.3) is 0 Å². The van der Waals surface area contributed by atoms with Crippen LogP contribution >= 0.6 is 0 Å². The molecule has 25 heavy (non-hydrogen) atoms. The minimum Gasteiger partial charge on any atom is -0.289 e. The molecule has 2 bridgehead atoms. The number of rotatable bonds is 4. The van der Waals surface area contributed by atoms with E-state index in [1.54, 1.807) is 6.07 Å². The van der Waals surface area contributed by atoms with Crippen LogP contribution in [-0.4, -0.2) is 31.7 Å². The second kappa shape index (κ2) is 6.43. The zero-order valence-electron chi connectivity index (χ0n) is 14.4. The molecule has 2 atom stereocenters. The van der Waals surface area contributed by atoms with Gasteiger partial charge in [0.05, 0.1) is 4.90 Å². The van der Waals surface area contributed by atoms with Crippen molar-refractivity contribution in [1.29, 1.82) is 0 Å². The summed E-state index contributed by atoms with van der Waals surface area (Å²) < 4.78 is 23.7. The van der Waals surface area contributed by atoms with Gasteiger partial charge in [-0.15, -0.1) is 0 Å². The van der Waals surface area contributed by atoms with Crippen LogP contribution in [0.4, 0.5) is 0 Å². The van der Waals surface area contributed by atoms with Gasteiger partial charge in [0.2, 0.25) is 0 Å². The highest BCUT2D eigenvalue weighted by atomic mass is 32.2. The first kappa shape index (κ1) is 16.6.